The average molecular weight is 855 g/mol. The van der Waals surface area contributed by atoms with E-state index in [-0.39, 0.29) is 0 Å². The standard InChI is InChI=1S/C64H42N2O/c1-2-13-54-47(11-1)12-9-17-55(54)48-25-23-43(24-26-48)44-27-35-50(36-28-44)65(52-41-33-49(34-42-52)56-18-10-19-60-59-16-5-8-22-63(59)67-64(56)60)51-37-29-45(30-38-51)46-31-39-53(40-32-46)66-61-20-6-3-14-57(61)58-15-4-7-21-62(58)66/h1-42H. The summed E-state index contributed by atoms with van der Waals surface area (Å²) in [6.45, 7) is 0. The smallest absolute Gasteiger partial charge is 0.143 e. The highest BCUT2D eigenvalue weighted by Crippen LogP contribution is 2.41. The Hall–Kier alpha value is -8.92. The van der Waals surface area contributed by atoms with E-state index in [1.807, 2.05) is 12.1 Å². The third-order valence-corrected chi connectivity index (χ3v) is 13.4. The summed E-state index contributed by atoms with van der Waals surface area (Å²) in [5, 5.41) is 7.31. The molecule has 0 fully saturated rings. The van der Waals surface area contributed by atoms with Gasteiger partial charge in [0.1, 0.15) is 11.2 Å². The summed E-state index contributed by atoms with van der Waals surface area (Å²) in [6, 6.07) is 91.8. The minimum atomic E-state index is 0.902. The second kappa shape index (κ2) is 16.0. The molecule has 2 aromatic heterocycles. The first-order valence-electron chi connectivity index (χ1n) is 22.9. The Kier molecular flexibility index (Phi) is 9.17. The first kappa shape index (κ1) is 38.5. The summed E-state index contributed by atoms with van der Waals surface area (Å²) in [7, 11) is 0. The molecule has 0 saturated carbocycles. The summed E-state index contributed by atoms with van der Waals surface area (Å²) in [5.74, 6) is 0. The van der Waals surface area contributed by atoms with E-state index in [1.165, 1.54) is 60.4 Å². The molecule has 314 valence electrons. The number of hydrogen-bond acceptors (Lipinski definition) is 2. The SMILES string of the molecule is c1ccc2c(-c3ccc(-c4ccc(N(c5ccc(-c6ccc(-n7c8ccccc8c8ccccc87)cc6)cc5)c5ccc(-c6cccc7c6oc6ccccc67)cc5)cc4)cc3)cccc2c1. The molecular weight excluding hydrogens is 813 g/mol. The van der Waals surface area contributed by atoms with Gasteiger partial charge in [0.15, 0.2) is 0 Å². The first-order chi connectivity index (χ1) is 33.2. The van der Waals surface area contributed by atoms with Gasteiger partial charge in [0.25, 0.3) is 0 Å². The van der Waals surface area contributed by atoms with Crippen LogP contribution in [0.4, 0.5) is 17.1 Å². The largest absolute Gasteiger partial charge is 0.455 e. The topological polar surface area (TPSA) is 21.3 Å². The van der Waals surface area contributed by atoms with Crippen molar-refractivity contribution in [1.29, 1.82) is 0 Å². The van der Waals surface area contributed by atoms with Gasteiger partial charge in [0.05, 0.1) is 11.0 Å². The number of nitrogens with zero attached hydrogens (tertiary/aromatic N) is 2. The number of hydrogen-bond donors (Lipinski definition) is 0. The van der Waals surface area contributed by atoms with Gasteiger partial charge in [-0.1, -0.05) is 188 Å². The van der Waals surface area contributed by atoms with Gasteiger partial charge in [-0.25, -0.2) is 0 Å². The van der Waals surface area contributed by atoms with Gasteiger partial charge in [-0.3, -0.25) is 0 Å². The van der Waals surface area contributed by atoms with Crippen molar-refractivity contribution in [2.24, 2.45) is 0 Å². The quantitative estimate of drug-likeness (QED) is 0.152. The summed E-state index contributed by atoms with van der Waals surface area (Å²) >= 11 is 0. The van der Waals surface area contributed by atoms with Crippen molar-refractivity contribution in [2.45, 2.75) is 0 Å². The van der Waals surface area contributed by atoms with Crippen molar-refractivity contribution in [1.82, 2.24) is 4.57 Å². The fourth-order valence-electron chi connectivity index (χ4n) is 10.1. The molecule has 0 aliphatic heterocycles. The third kappa shape index (κ3) is 6.67. The molecule has 0 amide bonds. The van der Waals surface area contributed by atoms with Crippen molar-refractivity contribution in [2.75, 3.05) is 4.90 Å². The van der Waals surface area contributed by atoms with Crippen LogP contribution >= 0.6 is 0 Å². The Bertz CT molecular complexity index is 3880. The summed E-state index contributed by atoms with van der Waals surface area (Å²) in [5.41, 5.74) is 17.9. The lowest BCUT2D eigenvalue weighted by Gasteiger charge is -2.26. The summed E-state index contributed by atoms with van der Waals surface area (Å²) in [6.07, 6.45) is 0. The van der Waals surface area contributed by atoms with Crippen LogP contribution in [0.5, 0.6) is 0 Å². The van der Waals surface area contributed by atoms with Gasteiger partial charge in [-0.2, -0.15) is 0 Å². The molecular formula is C64H42N2O. The molecule has 0 radical (unpaired) electrons. The monoisotopic (exact) mass is 854 g/mol. The summed E-state index contributed by atoms with van der Waals surface area (Å²) < 4.78 is 8.81. The van der Waals surface area contributed by atoms with Crippen LogP contribution in [0.1, 0.15) is 0 Å². The number of fused-ring (bicyclic) bond motifs is 7. The molecule has 13 aromatic rings. The average Bonchev–Trinajstić information content (AvgIpc) is 3.96. The Morgan fingerprint density at radius 3 is 1.30 bits per heavy atom. The lowest BCUT2D eigenvalue weighted by Crippen LogP contribution is -2.09. The Morgan fingerprint density at radius 2 is 0.687 bits per heavy atom. The number of para-hydroxylation sites is 4. The van der Waals surface area contributed by atoms with E-state index in [9.17, 15) is 0 Å². The second-order valence-electron chi connectivity index (χ2n) is 17.3. The van der Waals surface area contributed by atoms with Crippen molar-refractivity contribution in [3.63, 3.8) is 0 Å². The number of furan rings is 1. The van der Waals surface area contributed by atoms with Crippen LogP contribution in [-0.2, 0) is 0 Å². The molecule has 0 unspecified atom stereocenters. The fourth-order valence-corrected chi connectivity index (χ4v) is 10.1. The molecule has 3 heteroatoms. The lowest BCUT2D eigenvalue weighted by atomic mass is 9.96. The maximum atomic E-state index is 6.44. The van der Waals surface area contributed by atoms with E-state index in [0.29, 0.717) is 0 Å². The van der Waals surface area contributed by atoms with E-state index >= 15 is 0 Å². The van der Waals surface area contributed by atoms with Crippen LogP contribution in [0.15, 0.2) is 259 Å². The zero-order chi connectivity index (χ0) is 44.3. The zero-order valence-corrected chi connectivity index (χ0v) is 36.6. The van der Waals surface area contributed by atoms with E-state index in [2.05, 4.69) is 252 Å². The van der Waals surface area contributed by atoms with Crippen LogP contribution in [0.3, 0.4) is 0 Å². The molecule has 0 N–H and O–H groups in total. The predicted octanol–water partition coefficient (Wildman–Crippen LogP) is 18.0. The van der Waals surface area contributed by atoms with Gasteiger partial charge in [0.2, 0.25) is 0 Å². The van der Waals surface area contributed by atoms with Crippen molar-refractivity contribution in [3.8, 4) is 50.2 Å². The van der Waals surface area contributed by atoms with E-state index in [1.54, 1.807) is 0 Å². The first-order valence-corrected chi connectivity index (χ1v) is 22.9. The number of anilines is 3. The molecule has 0 aliphatic carbocycles. The Balaban J connectivity index is 0.841. The molecule has 11 aromatic carbocycles. The Morgan fingerprint density at radius 1 is 0.284 bits per heavy atom. The molecule has 0 aliphatic rings. The molecule has 67 heavy (non-hydrogen) atoms. The minimum Gasteiger partial charge on any atom is -0.455 e. The summed E-state index contributed by atoms with van der Waals surface area (Å²) in [4.78, 5) is 2.34. The third-order valence-electron chi connectivity index (χ3n) is 13.4. The van der Waals surface area contributed by atoms with Gasteiger partial charge in [-0.15, -0.1) is 0 Å². The lowest BCUT2D eigenvalue weighted by molar-refractivity contribution is 0.670. The number of rotatable bonds is 8. The highest BCUT2D eigenvalue weighted by molar-refractivity contribution is 6.10. The molecule has 13 rings (SSSR count). The maximum absolute atomic E-state index is 6.44. The van der Waals surface area contributed by atoms with Crippen LogP contribution < -0.4 is 4.90 Å². The van der Waals surface area contributed by atoms with Crippen molar-refractivity contribution < 1.29 is 4.42 Å². The number of aromatic nitrogens is 1. The highest BCUT2D eigenvalue weighted by atomic mass is 16.3. The maximum Gasteiger partial charge on any atom is 0.143 e. The molecule has 0 bridgehead atoms. The van der Waals surface area contributed by atoms with Crippen LogP contribution in [0.25, 0.3) is 105 Å². The minimum absolute atomic E-state index is 0.902. The predicted molar refractivity (Wildman–Crippen MR) is 282 cm³/mol. The van der Waals surface area contributed by atoms with Crippen LogP contribution in [0.2, 0.25) is 0 Å². The normalized spacial score (nSPS) is 11.6. The fraction of sp³-hybridized carbons (Fsp3) is 0. The molecule has 0 saturated heterocycles. The molecule has 0 spiro atoms. The second-order valence-corrected chi connectivity index (χ2v) is 17.3. The molecule has 3 nitrogen and oxygen atoms in total. The van der Waals surface area contributed by atoms with Gasteiger partial charge >= 0.3 is 0 Å². The zero-order valence-electron chi connectivity index (χ0n) is 36.6. The van der Waals surface area contributed by atoms with E-state index in [0.717, 1.165) is 61.4 Å². The highest BCUT2D eigenvalue weighted by Gasteiger charge is 2.17. The van der Waals surface area contributed by atoms with Crippen molar-refractivity contribution >= 4 is 71.6 Å². The van der Waals surface area contributed by atoms with E-state index < -0.39 is 0 Å². The van der Waals surface area contributed by atoms with Crippen molar-refractivity contribution in [3.05, 3.63) is 255 Å². The Labute approximate surface area is 388 Å². The van der Waals surface area contributed by atoms with Gasteiger partial charge in [-0.05, 0) is 116 Å². The molecule has 0 atom stereocenters. The van der Waals surface area contributed by atoms with Gasteiger partial charge in [0, 0.05) is 49.9 Å². The van der Waals surface area contributed by atoms with E-state index in [4.69, 9.17) is 4.42 Å². The molecule has 2 heterocycles. The van der Waals surface area contributed by atoms with Crippen LogP contribution in [0, 0.1) is 0 Å². The number of benzene rings is 11. The van der Waals surface area contributed by atoms with Crippen LogP contribution in [-0.4, -0.2) is 4.57 Å². The van der Waals surface area contributed by atoms with Gasteiger partial charge < -0.3 is 13.9 Å².